The minimum Gasteiger partial charge on any atom is -0.495 e. The van der Waals surface area contributed by atoms with Gasteiger partial charge in [0, 0.05) is 79.1 Å². The number of aromatic nitrogens is 2. The van der Waals surface area contributed by atoms with Gasteiger partial charge >= 0.3 is 12.1 Å². The van der Waals surface area contributed by atoms with Gasteiger partial charge in [-0.25, -0.2) is 40.8 Å². The number of halogens is 2. The zero-order chi connectivity index (χ0) is 43.9. The van der Waals surface area contributed by atoms with Crippen LogP contribution in [0.25, 0.3) is 0 Å². The van der Waals surface area contributed by atoms with Gasteiger partial charge in [-0.15, -0.1) is 0 Å². The van der Waals surface area contributed by atoms with Crippen LogP contribution in [-0.2, 0) is 33.0 Å². The van der Waals surface area contributed by atoms with Gasteiger partial charge in [-0.05, 0) is 102 Å². The van der Waals surface area contributed by atoms with Crippen molar-refractivity contribution in [3.8, 4) is 5.75 Å². The first-order valence-electron chi connectivity index (χ1n) is 19.1. The highest BCUT2D eigenvalue weighted by atomic mass is 35.5. The van der Waals surface area contributed by atoms with E-state index in [2.05, 4.69) is 25.5 Å². The molecular weight excluding hydrogens is 859 g/mol. The third kappa shape index (κ3) is 10.1. The number of sulfonamides is 1. The second-order valence-corrected chi connectivity index (χ2v) is 18.2. The Labute approximate surface area is 363 Å². The van der Waals surface area contributed by atoms with Crippen LogP contribution in [-0.4, -0.2) is 86.5 Å². The number of amides is 4. The summed E-state index contributed by atoms with van der Waals surface area (Å²) in [4.78, 5) is 38.6. The summed E-state index contributed by atoms with van der Waals surface area (Å²) >= 11 is 6.16. The van der Waals surface area contributed by atoms with Crippen molar-refractivity contribution in [3.05, 3.63) is 162 Å². The number of sulfone groups is 1. The van der Waals surface area contributed by atoms with E-state index in [1.54, 1.807) is 55.1 Å². The SMILES string of the molecule is COc1cc(F)ccc1S(=O)(=O)c1ccc(NC(=O)N(Cc2cccnc2)N(Cc2cccnc2)C(=O)Nc2ccc(S(=O)(=O)N3CCN(c4cccc(Cl)c4)CC3)cc2)cc1. The van der Waals surface area contributed by atoms with Crippen LogP contribution >= 0.6 is 11.6 Å². The minimum absolute atomic E-state index is 0.0483. The second kappa shape index (κ2) is 19.0. The van der Waals surface area contributed by atoms with Gasteiger partial charge in [-0.1, -0.05) is 29.8 Å². The van der Waals surface area contributed by atoms with E-state index in [9.17, 15) is 30.8 Å². The molecule has 1 aliphatic rings. The zero-order valence-electron chi connectivity index (χ0n) is 33.1. The summed E-state index contributed by atoms with van der Waals surface area (Å²) in [5.74, 6) is -0.831. The number of hydrogen-bond acceptors (Lipinski definition) is 10. The van der Waals surface area contributed by atoms with Gasteiger partial charge in [0.25, 0.3) is 0 Å². The molecule has 0 spiro atoms. The molecule has 0 saturated carbocycles. The number of methoxy groups -OCH3 is 1. The molecule has 6 aromatic rings. The Morgan fingerprint density at radius 3 is 1.76 bits per heavy atom. The predicted molar refractivity (Wildman–Crippen MR) is 231 cm³/mol. The number of pyridine rings is 2. The number of anilines is 3. The van der Waals surface area contributed by atoms with Crippen LogP contribution in [0.5, 0.6) is 5.75 Å². The number of nitrogens with one attached hydrogen (secondary N) is 2. The maximum absolute atomic E-state index is 14.3. The lowest BCUT2D eigenvalue weighted by Gasteiger charge is -2.35. The second-order valence-electron chi connectivity index (χ2n) is 13.9. The Morgan fingerprint density at radius 2 is 1.26 bits per heavy atom. The van der Waals surface area contributed by atoms with Gasteiger partial charge in [0.1, 0.15) is 16.5 Å². The van der Waals surface area contributed by atoms with Crippen molar-refractivity contribution in [3.63, 3.8) is 0 Å². The molecule has 19 heteroatoms. The third-order valence-corrected chi connectivity index (χ3v) is 13.8. The maximum atomic E-state index is 14.3. The number of hydrazine groups is 1. The fourth-order valence-corrected chi connectivity index (χ4v) is 9.67. The molecule has 320 valence electrons. The molecule has 62 heavy (non-hydrogen) atoms. The van der Waals surface area contributed by atoms with Crippen molar-refractivity contribution in [1.82, 2.24) is 24.3 Å². The van der Waals surface area contributed by atoms with Crippen LogP contribution in [0, 0.1) is 5.82 Å². The van der Waals surface area contributed by atoms with Crippen molar-refractivity contribution in [2.75, 3.05) is 48.8 Å². The van der Waals surface area contributed by atoms with Gasteiger partial charge in [0.05, 0.1) is 30.0 Å². The number of hydrogen-bond donors (Lipinski definition) is 2. The van der Waals surface area contributed by atoms with Crippen LogP contribution in [0.1, 0.15) is 11.1 Å². The van der Waals surface area contributed by atoms with Crippen molar-refractivity contribution in [1.29, 1.82) is 0 Å². The maximum Gasteiger partial charge on any atom is 0.341 e. The Bertz CT molecular complexity index is 2750. The first-order valence-corrected chi connectivity index (χ1v) is 22.4. The molecule has 1 fully saturated rings. The summed E-state index contributed by atoms with van der Waals surface area (Å²) in [6, 6.07) is 26.9. The molecule has 0 atom stereocenters. The van der Waals surface area contributed by atoms with E-state index in [1.165, 1.54) is 65.0 Å². The highest BCUT2D eigenvalue weighted by molar-refractivity contribution is 7.91. The molecular formula is C43H40ClFN8O7S2. The van der Waals surface area contributed by atoms with Crippen LogP contribution in [0.4, 0.5) is 31.0 Å². The standard InChI is InChI=1S/C43H40ClFN8O7S2/c1-60-40-26-34(45)9-18-41(40)61(56,57)38-14-10-35(11-15-38)48-42(54)52(29-31-5-3-19-46-27-31)53(30-32-6-4-20-47-28-32)43(55)49-36-12-16-39(17-13-36)62(58,59)51-23-21-50(22-24-51)37-8-2-7-33(44)25-37/h2-20,25-28H,21-24,29-30H2,1H3,(H,48,54)(H,49,55). The first-order chi connectivity index (χ1) is 29.8. The molecule has 4 amide bonds. The quantitative estimate of drug-likeness (QED) is 0.0937. The largest absolute Gasteiger partial charge is 0.495 e. The lowest BCUT2D eigenvalue weighted by Crippen LogP contribution is -2.52. The van der Waals surface area contributed by atoms with Gasteiger partial charge in [0.15, 0.2) is 0 Å². The third-order valence-electron chi connectivity index (χ3n) is 9.86. The van der Waals surface area contributed by atoms with Gasteiger partial charge in [0.2, 0.25) is 19.9 Å². The molecule has 0 unspecified atom stereocenters. The Morgan fingerprint density at radius 1 is 0.710 bits per heavy atom. The van der Waals surface area contributed by atoms with E-state index < -0.39 is 37.7 Å². The van der Waals surface area contributed by atoms with E-state index in [-0.39, 0.29) is 58.0 Å². The number of nitrogens with zero attached hydrogens (tertiary/aromatic N) is 6. The molecule has 0 radical (unpaired) electrons. The first kappa shape index (κ1) is 43.5. The van der Waals surface area contributed by atoms with E-state index >= 15 is 0 Å². The smallest absolute Gasteiger partial charge is 0.341 e. The monoisotopic (exact) mass is 898 g/mol. The highest BCUT2D eigenvalue weighted by Gasteiger charge is 2.31. The molecule has 0 aliphatic carbocycles. The number of urea groups is 2. The molecule has 2 aromatic heterocycles. The Kier molecular flexibility index (Phi) is 13.3. The molecule has 1 saturated heterocycles. The normalized spacial score (nSPS) is 13.2. The number of ether oxygens (including phenoxy) is 1. The van der Waals surface area contributed by atoms with E-state index in [4.69, 9.17) is 16.3 Å². The van der Waals surface area contributed by atoms with E-state index in [0.29, 0.717) is 29.2 Å². The molecule has 1 aliphatic heterocycles. The average Bonchev–Trinajstić information content (AvgIpc) is 3.28. The number of rotatable bonds is 12. The van der Waals surface area contributed by atoms with Crippen LogP contribution in [0.15, 0.2) is 155 Å². The highest BCUT2D eigenvalue weighted by Crippen LogP contribution is 2.31. The lowest BCUT2D eigenvalue weighted by molar-refractivity contribution is 0.0466. The number of carbonyl (C=O) groups excluding carboxylic acids is 2. The summed E-state index contributed by atoms with van der Waals surface area (Å²) in [6.45, 7) is 1.22. The van der Waals surface area contributed by atoms with Crippen molar-refractivity contribution in [2.45, 2.75) is 27.8 Å². The van der Waals surface area contributed by atoms with Gasteiger partial charge in [-0.2, -0.15) is 4.31 Å². The number of benzene rings is 4. The van der Waals surface area contributed by atoms with E-state index in [1.807, 2.05) is 18.2 Å². The summed E-state index contributed by atoms with van der Waals surface area (Å²) in [7, 11) is -6.78. The summed E-state index contributed by atoms with van der Waals surface area (Å²) in [5, 5.41) is 8.46. The van der Waals surface area contributed by atoms with Crippen molar-refractivity contribution in [2.24, 2.45) is 0 Å². The molecule has 0 bridgehead atoms. The summed E-state index contributed by atoms with van der Waals surface area (Å²) in [6.07, 6.45) is 6.22. The van der Waals surface area contributed by atoms with Crippen molar-refractivity contribution < 1.29 is 35.6 Å². The van der Waals surface area contributed by atoms with E-state index in [0.717, 1.165) is 28.9 Å². The van der Waals surface area contributed by atoms with Crippen LogP contribution < -0.4 is 20.3 Å². The molecule has 4 aromatic carbocycles. The molecule has 15 nitrogen and oxygen atoms in total. The molecule has 7 rings (SSSR count). The fraction of sp³-hybridized carbons (Fsp3) is 0.163. The molecule has 3 heterocycles. The minimum atomic E-state index is -4.15. The zero-order valence-corrected chi connectivity index (χ0v) is 35.5. The summed E-state index contributed by atoms with van der Waals surface area (Å²) in [5.41, 5.74) is 2.52. The van der Waals surface area contributed by atoms with Crippen LogP contribution in [0.3, 0.4) is 0 Å². The Hall–Kier alpha value is -6.60. The number of piperazine rings is 1. The lowest BCUT2D eigenvalue weighted by atomic mass is 10.2. The Balaban J connectivity index is 1.10. The average molecular weight is 899 g/mol. The predicted octanol–water partition coefficient (Wildman–Crippen LogP) is 7.30. The topological polar surface area (TPSA) is 174 Å². The summed E-state index contributed by atoms with van der Waals surface area (Å²) < 4.78 is 74.6. The fourth-order valence-electron chi connectivity index (χ4n) is 6.67. The van der Waals surface area contributed by atoms with Gasteiger partial charge < -0.3 is 20.3 Å². The van der Waals surface area contributed by atoms with Crippen molar-refractivity contribution >= 4 is 60.6 Å². The van der Waals surface area contributed by atoms with Crippen LogP contribution in [0.2, 0.25) is 5.02 Å². The van der Waals surface area contributed by atoms with Gasteiger partial charge in [-0.3, -0.25) is 9.97 Å². The number of carbonyl (C=O) groups is 2. The molecule has 2 N–H and O–H groups in total.